The molecule has 0 aliphatic rings. The first-order chi connectivity index (χ1) is 10.1. The number of carbonyl (C=O) groups is 1. The lowest BCUT2D eigenvalue weighted by Gasteiger charge is -2.08. The monoisotopic (exact) mass is 352 g/mol. The molecular formula is C11H7F3N2O4S2. The van der Waals surface area contributed by atoms with Crippen molar-refractivity contribution in [3.8, 4) is 0 Å². The van der Waals surface area contributed by atoms with Crippen LogP contribution in [-0.4, -0.2) is 24.5 Å². The zero-order chi connectivity index (χ0) is 16.5. The van der Waals surface area contributed by atoms with Crippen LogP contribution in [0.2, 0.25) is 0 Å². The molecule has 118 valence electrons. The van der Waals surface area contributed by atoms with Gasteiger partial charge in [-0.3, -0.25) is 4.72 Å². The van der Waals surface area contributed by atoms with Crippen LogP contribution in [0, 0.1) is 0 Å². The van der Waals surface area contributed by atoms with Crippen LogP contribution in [0.15, 0.2) is 34.5 Å². The fraction of sp³-hybridized carbons (Fsp3) is 0.0909. The molecule has 2 aromatic rings. The molecule has 6 nitrogen and oxygen atoms in total. The number of halogens is 3. The van der Waals surface area contributed by atoms with Crippen LogP contribution in [0.5, 0.6) is 0 Å². The Labute approximate surface area is 126 Å². The topological polar surface area (TPSA) is 96.4 Å². The van der Waals surface area contributed by atoms with Crippen molar-refractivity contribution in [3.63, 3.8) is 0 Å². The predicted octanol–water partition coefficient (Wildman–Crippen LogP) is 2.66. The van der Waals surface area contributed by atoms with Gasteiger partial charge in [0.2, 0.25) is 0 Å². The lowest BCUT2D eigenvalue weighted by Crippen LogP contribution is -2.14. The molecule has 1 aromatic heterocycles. The van der Waals surface area contributed by atoms with Crippen molar-refractivity contribution < 1.29 is 31.5 Å². The Bertz CT molecular complexity index is 797. The summed E-state index contributed by atoms with van der Waals surface area (Å²) < 4.78 is 63.2. The average molecular weight is 352 g/mol. The Balaban J connectivity index is 2.24. The number of alkyl halides is 3. The third-order valence-corrected chi connectivity index (χ3v) is 4.68. The van der Waals surface area contributed by atoms with Gasteiger partial charge >= 0.3 is 12.1 Å². The molecule has 2 N–H and O–H groups in total. The third kappa shape index (κ3) is 3.54. The minimum atomic E-state index is -4.57. The molecule has 1 aromatic carbocycles. The number of sulfonamides is 1. The van der Waals surface area contributed by atoms with E-state index in [9.17, 15) is 26.4 Å². The molecule has 0 atom stereocenters. The second kappa shape index (κ2) is 5.57. The molecule has 0 bridgehead atoms. The normalized spacial score (nSPS) is 12.1. The summed E-state index contributed by atoms with van der Waals surface area (Å²) in [5, 5.41) is 9.62. The predicted molar refractivity (Wildman–Crippen MR) is 71.3 cm³/mol. The molecule has 22 heavy (non-hydrogen) atoms. The number of thiazole rings is 1. The number of nitrogens with zero attached hydrogens (tertiary/aromatic N) is 1. The molecule has 0 radical (unpaired) electrons. The highest BCUT2D eigenvalue weighted by atomic mass is 32.2. The van der Waals surface area contributed by atoms with Gasteiger partial charge in [-0.25, -0.2) is 18.2 Å². The minimum absolute atomic E-state index is 0.197. The summed E-state index contributed by atoms with van der Waals surface area (Å²) in [6, 6.07) is 2.88. The molecule has 0 spiro atoms. The number of benzene rings is 1. The minimum Gasteiger partial charge on any atom is -0.476 e. The Hall–Kier alpha value is -2.14. The van der Waals surface area contributed by atoms with Crippen molar-refractivity contribution in [2.24, 2.45) is 0 Å². The van der Waals surface area contributed by atoms with Crippen molar-refractivity contribution >= 4 is 32.5 Å². The van der Waals surface area contributed by atoms with Crippen molar-refractivity contribution in [1.29, 1.82) is 0 Å². The Morgan fingerprint density at radius 2 is 1.82 bits per heavy atom. The summed E-state index contributed by atoms with van der Waals surface area (Å²) in [5.41, 5.74) is -1.32. The summed E-state index contributed by atoms with van der Waals surface area (Å²) >= 11 is 0.745. The largest absolute Gasteiger partial charge is 0.476 e. The van der Waals surface area contributed by atoms with E-state index in [2.05, 4.69) is 4.98 Å². The molecule has 11 heteroatoms. The quantitative estimate of drug-likeness (QED) is 0.882. The van der Waals surface area contributed by atoms with Gasteiger partial charge in [0, 0.05) is 5.38 Å². The third-order valence-electron chi connectivity index (χ3n) is 2.44. The molecule has 2 rings (SSSR count). The smallest absolute Gasteiger partial charge is 0.416 e. The van der Waals surface area contributed by atoms with Crippen molar-refractivity contribution in [3.05, 3.63) is 40.9 Å². The SMILES string of the molecule is O=C(O)c1csc(NS(=O)(=O)c2ccc(C(F)(F)F)cc2)n1. The first-order valence-corrected chi connectivity index (χ1v) is 7.85. The summed E-state index contributed by atoms with van der Waals surface area (Å²) in [5.74, 6) is -1.32. The number of aromatic nitrogens is 1. The molecule has 0 amide bonds. The molecule has 0 fully saturated rings. The lowest BCUT2D eigenvalue weighted by molar-refractivity contribution is -0.137. The van der Waals surface area contributed by atoms with E-state index >= 15 is 0 Å². The summed E-state index contributed by atoms with van der Waals surface area (Å²) in [6.07, 6.45) is -4.57. The van der Waals surface area contributed by atoms with Crippen molar-refractivity contribution in [2.75, 3.05) is 4.72 Å². The number of nitrogens with one attached hydrogen (secondary N) is 1. The Morgan fingerprint density at radius 1 is 1.23 bits per heavy atom. The zero-order valence-electron chi connectivity index (χ0n) is 10.5. The zero-order valence-corrected chi connectivity index (χ0v) is 12.1. The molecule has 1 heterocycles. The lowest BCUT2D eigenvalue weighted by atomic mass is 10.2. The molecule has 0 aliphatic heterocycles. The van der Waals surface area contributed by atoms with E-state index < -0.39 is 32.6 Å². The van der Waals surface area contributed by atoms with Gasteiger partial charge in [-0.15, -0.1) is 11.3 Å². The van der Waals surface area contributed by atoms with Gasteiger partial charge in [-0.05, 0) is 24.3 Å². The van der Waals surface area contributed by atoms with E-state index in [1.54, 1.807) is 0 Å². The van der Waals surface area contributed by atoms with Crippen LogP contribution in [0.25, 0.3) is 0 Å². The van der Waals surface area contributed by atoms with Crippen LogP contribution in [-0.2, 0) is 16.2 Å². The maximum absolute atomic E-state index is 12.4. The van der Waals surface area contributed by atoms with Crippen LogP contribution in [0.1, 0.15) is 16.1 Å². The molecule has 0 saturated carbocycles. The van der Waals surface area contributed by atoms with E-state index in [0.29, 0.717) is 12.1 Å². The first-order valence-electron chi connectivity index (χ1n) is 5.48. The Kier molecular flexibility index (Phi) is 4.11. The van der Waals surface area contributed by atoms with Gasteiger partial charge in [0.15, 0.2) is 10.8 Å². The molecule has 0 saturated heterocycles. The number of rotatable bonds is 4. The number of hydrogen-bond acceptors (Lipinski definition) is 5. The number of carboxylic acid groups (broad SMARTS) is 1. The second-order valence-corrected chi connectivity index (χ2v) is 6.51. The van der Waals surface area contributed by atoms with Crippen molar-refractivity contribution in [1.82, 2.24) is 4.98 Å². The summed E-state index contributed by atoms with van der Waals surface area (Å²) in [6.45, 7) is 0. The number of hydrogen-bond donors (Lipinski definition) is 2. The second-order valence-electron chi connectivity index (χ2n) is 3.97. The number of aromatic carboxylic acids is 1. The fourth-order valence-electron chi connectivity index (χ4n) is 1.42. The fourth-order valence-corrected chi connectivity index (χ4v) is 3.35. The van der Waals surface area contributed by atoms with Crippen LogP contribution in [0.3, 0.4) is 0 Å². The summed E-state index contributed by atoms with van der Waals surface area (Å²) in [7, 11) is -4.15. The molecule has 0 unspecified atom stereocenters. The highest BCUT2D eigenvalue weighted by molar-refractivity contribution is 7.93. The number of carboxylic acids is 1. The van der Waals surface area contributed by atoms with E-state index in [1.165, 1.54) is 0 Å². The number of anilines is 1. The standard InChI is InChI=1S/C11H7F3N2O4S2/c12-11(13,14)6-1-3-7(4-2-6)22(19,20)16-10-15-8(5-21-10)9(17)18/h1-5H,(H,15,16)(H,17,18). The van der Waals surface area contributed by atoms with Gasteiger partial charge < -0.3 is 5.11 Å². The highest BCUT2D eigenvalue weighted by Gasteiger charge is 2.30. The molecular weight excluding hydrogens is 345 g/mol. The maximum Gasteiger partial charge on any atom is 0.416 e. The van der Waals surface area contributed by atoms with E-state index in [4.69, 9.17) is 5.11 Å². The van der Waals surface area contributed by atoms with Crippen molar-refractivity contribution in [2.45, 2.75) is 11.1 Å². The Morgan fingerprint density at radius 3 is 2.27 bits per heavy atom. The van der Waals surface area contributed by atoms with Crippen LogP contribution in [0.4, 0.5) is 18.3 Å². The molecule has 0 aliphatic carbocycles. The van der Waals surface area contributed by atoms with Crippen LogP contribution < -0.4 is 4.72 Å². The van der Waals surface area contributed by atoms with Crippen LogP contribution >= 0.6 is 11.3 Å². The van der Waals surface area contributed by atoms with Gasteiger partial charge in [-0.2, -0.15) is 13.2 Å². The van der Waals surface area contributed by atoms with E-state index in [1.807, 2.05) is 4.72 Å². The summed E-state index contributed by atoms with van der Waals surface area (Å²) in [4.78, 5) is 13.8. The van der Waals surface area contributed by atoms with E-state index in [-0.39, 0.29) is 10.8 Å². The van der Waals surface area contributed by atoms with Gasteiger partial charge in [0.05, 0.1) is 10.5 Å². The van der Waals surface area contributed by atoms with Gasteiger partial charge in [-0.1, -0.05) is 0 Å². The van der Waals surface area contributed by atoms with E-state index in [0.717, 1.165) is 28.8 Å². The first kappa shape index (κ1) is 16.2. The van der Waals surface area contributed by atoms with Gasteiger partial charge in [0.25, 0.3) is 10.0 Å². The van der Waals surface area contributed by atoms with Gasteiger partial charge in [0.1, 0.15) is 0 Å². The maximum atomic E-state index is 12.4. The average Bonchev–Trinajstić information content (AvgIpc) is 2.86. The highest BCUT2D eigenvalue weighted by Crippen LogP contribution is 2.30.